The summed E-state index contributed by atoms with van der Waals surface area (Å²) in [6.45, 7) is 7.64. The van der Waals surface area contributed by atoms with Crippen molar-refractivity contribution in [2.24, 2.45) is 5.92 Å². The molecule has 1 N–H and O–H groups in total. The smallest absolute Gasteiger partial charge is 0.290 e. The molecule has 1 aliphatic heterocycles. The fourth-order valence-electron chi connectivity index (χ4n) is 3.27. The van der Waals surface area contributed by atoms with Gasteiger partial charge >= 0.3 is 0 Å². The molecule has 1 aromatic rings. The van der Waals surface area contributed by atoms with Crippen molar-refractivity contribution in [3.63, 3.8) is 0 Å². The van der Waals surface area contributed by atoms with Gasteiger partial charge in [0.2, 0.25) is 0 Å². The molecule has 0 aliphatic carbocycles. The van der Waals surface area contributed by atoms with E-state index in [9.17, 15) is 14.7 Å². The van der Waals surface area contributed by atoms with Crippen LogP contribution in [0.2, 0.25) is 0 Å². The second-order valence-electron chi connectivity index (χ2n) is 7.91. The number of nitrogens with zero attached hydrogens (tertiary/aromatic N) is 2. The topological polar surface area (TPSA) is 70.1 Å². The van der Waals surface area contributed by atoms with E-state index in [2.05, 4.69) is 0 Å². The number of benzene rings is 1. The molecular weight excluding hydrogens is 356 g/mol. The van der Waals surface area contributed by atoms with Crippen LogP contribution in [0.1, 0.15) is 45.2 Å². The van der Waals surface area contributed by atoms with Crippen LogP contribution < -0.4 is 4.74 Å². The van der Waals surface area contributed by atoms with Gasteiger partial charge in [-0.3, -0.25) is 9.59 Å². The third kappa shape index (κ3) is 5.13. The summed E-state index contributed by atoms with van der Waals surface area (Å²) < 4.78 is 5.63. The van der Waals surface area contributed by atoms with Crippen LogP contribution in [0.25, 0.3) is 0 Å². The van der Waals surface area contributed by atoms with Gasteiger partial charge in [0.25, 0.3) is 5.91 Å². The minimum atomic E-state index is -0.570. The van der Waals surface area contributed by atoms with Gasteiger partial charge in [0.05, 0.1) is 18.2 Å². The number of aliphatic hydroxyl groups is 1. The third-order valence-corrected chi connectivity index (χ3v) is 4.65. The molecule has 0 radical (unpaired) electrons. The maximum Gasteiger partial charge on any atom is 0.290 e. The monoisotopic (exact) mass is 388 g/mol. The second-order valence-corrected chi connectivity index (χ2v) is 7.91. The van der Waals surface area contributed by atoms with Gasteiger partial charge in [0.15, 0.2) is 11.5 Å². The Morgan fingerprint density at radius 1 is 1.25 bits per heavy atom. The van der Waals surface area contributed by atoms with Crippen LogP contribution in [-0.4, -0.2) is 60.4 Å². The predicted octanol–water partition coefficient (Wildman–Crippen LogP) is 3.35. The molecule has 1 atom stereocenters. The summed E-state index contributed by atoms with van der Waals surface area (Å²) in [5.41, 5.74) is 1.01. The molecule has 0 aromatic heterocycles. The maximum absolute atomic E-state index is 12.9. The Labute approximate surface area is 167 Å². The Kier molecular flexibility index (Phi) is 7.63. The van der Waals surface area contributed by atoms with Gasteiger partial charge in [-0.05, 0) is 44.1 Å². The van der Waals surface area contributed by atoms with Gasteiger partial charge in [0, 0.05) is 19.5 Å². The minimum absolute atomic E-state index is 0.143. The van der Waals surface area contributed by atoms with Crippen LogP contribution in [0.4, 0.5) is 0 Å². The molecule has 1 aliphatic rings. The largest absolute Gasteiger partial charge is 0.503 e. The highest BCUT2D eigenvalue weighted by atomic mass is 16.5. The Morgan fingerprint density at radius 2 is 1.89 bits per heavy atom. The van der Waals surface area contributed by atoms with E-state index in [4.69, 9.17) is 4.74 Å². The molecule has 1 heterocycles. The van der Waals surface area contributed by atoms with Crippen LogP contribution in [0.3, 0.4) is 0 Å². The first-order valence-corrected chi connectivity index (χ1v) is 9.91. The Hall–Kier alpha value is -2.34. The Bertz CT molecular complexity index is 723. The minimum Gasteiger partial charge on any atom is -0.503 e. The molecule has 6 nitrogen and oxygen atoms in total. The summed E-state index contributed by atoms with van der Waals surface area (Å²) in [6.07, 6.45) is 1.21. The molecule has 1 unspecified atom stereocenters. The zero-order valence-corrected chi connectivity index (χ0v) is 17.6. The molecule has 1 aromatic carbocycles. The lowest BCUT2D eigenvalue weighted by atomic mass is 9.92. The predicted molar refractivity (Wildman–Crippen MR) is 109 cm³/mol. The lowest BCUT2D eigenvalue weighted by Gasteiger charge is -2.28. The third-order valence-electron chi connectivity index (χ3n) is 4.65. The number of carbonyl (C=O) groups excluding carboxylic acids is 2. The van der Waals surface area contributed by atoms with E-state index in [0.717, 1.165) is 17.7 Å². The molecule has 0 fully saturated rings. The van der Waals surface area contributed by atoms with Crippen molar-refractivity contribution >= 4 is 11.7 Å². The Balaban J connectivity index is 2.38. The number of aliphatic hydroxyl groups excluding tert-OH is 1. The van der Waals surface area contributed by atoms with E-state index < -0.39 is 17.7 Å². The van der Waals surface area contributed by atoms with Crippen molar-refractivity contribution in [3.8, 4) is 5.75 Å². The Morgan fingerprint density at radius 3 is 2.43 bits per heavy atom. The van der Waals surface area contributed by atoms with Crippen LogP contribution >= 0.6 is 0 Å². The van der Waals surface area contributed by atoms with E-state index in [1.54, 1.807) is 4.90 Å². The zero-order chi connectivity index (χ0) is 20.8. The number of Topliss-reactive ketones (excluding diaryl/α,β-unsaturated/α-hetero) is 1. The van der Waals surface area contributed by atoms with Crippen molar-refractivity contribution < 1.29 is 19.4 Å². The average Bonchev–Trinajstić information content (AvgIpc) is 2.89. The van der Waals surface area contributed by atoms with Crippen LogP contribution in [0, 0.1) is 5.92 Å². The fourth-order valence-corrected chi connectivity index (χ4v) is 3.27. The normalized spacial score (nSPS) is 17.2. The first kappa shape index (κ1) is 22.0. The van der Waals surface area contributed by atoms with Crippen LogP contribution in [-0.2, 0) is 9.59 Å². The highest BCUT2D eigenvalue weighted by Gasteiger charge is 2.43. The average molecular weight is 389 g/mol. The number of ketones is 1. The lowest BCUT2D eigenvalue weighted by molar-refractivity contribution is -0.129. The lowest BCUT2D eigenvalue weighted by Crippen LogP contribution is -2.36. The summed E-state index contributed by atoms with van der Waals surface area (Å²) in [4.78, 5) is 29.1. The fraction of sp³-hybridized carbons (Fsp3) is 0.545. The van der Waals surface area contributed by atoms with Crippen LogP contribution in [0.15, 0.2) is 35.6 Å². The van der Waals surface area contributed by atoms with Gasteiger partial charge in [0.1, 0.15) is 5.75 Å². The molecule has 0 bridgehead atoms. The molecule has 28 heavy (non-hydrogen) atoms. The molecule has 2 rings (SSSR count). The summed E-state index contributed by atoms with van der Waals surface area (Å²) in [5, 5.41) is 10.5. The zero-order valence-electron chi connectivity index (χ0n) is 17.6. The maximum atomic E-state index is 12.9. The molecule has 0 saturated heterocycles. The number of rotatable bonds is 10. The van der Waals surface area contributed by atoms with Crippen molar-refractivity contribution in [1.29, 1.82) is 0 Å². The SMILES string of the molecule is CCCOc1ccc(C2C(C(=O)CC(C)C)=C(O)C(=O)N2CCN(C)C)cc1. The molecule has 6 heteroatoms. The first-order valence-electron chi connectivity index (χ1n) is 9.91. The molecule has 154 valence electrons. The van der Waals surface area contributed by atoms with E-state index in [0.29, 0.717) is 26.1 Å². The summed E-state index contributed by atoms with van der Waals surface area (Å²) in [5.74, 6) is -0.183. The van der Waals surface area contributed by atoms with Crippen molar-refractivity contribution in [2.45, 2.75) is 39.7 Å². The number of amides is 1. The van der Waals surface area contributed by atoms with Gasteiger partial charge < -0.3 is 19.6 Å². The molecule has 1 amide bonds. The standard InChI is InChI=1S/C22H32N2O4/c1-6-13-28-17-9-7-16(8-10-17)20-19(18(25)14-15(2)3)21(26)22(27)24(20)12-11-23(4)5/h7-10,15,20,26H,6,11-14H2,1-5H3. The molecule has 0 spiro atoms. The quantitative estimate of drug-likeness (QED) is 0.666. The van der Waals surface area contributed by atoms with Crippen molar-refractivity contribution in [2.75, 3.05) is 33.8 Å². The van der Waals surface area contributed by atoms with E-state index in [1.165, 1.54) is 0 Å². The number of hydrogen-bond donors (Lipinski definition) is 1. The summed E-state index contributed by atoms with van der Waals surface area (Å²) in [7, 11) is 3.85. The van der Waals surface area contributed by atoms with E-state index in [-0.39, 0.29) is 17.3 Å². The number of carbonyl (C=O) groups is 2. The van der Waals surface area contributed by atoms with Gasteiger partial charge in [-0.25, -0.2) is 0 Å². The number of likely N-dealkylation sites (N-methyl/N-ethyl adjacent to an activating group) is 1. The van der Waals surface area contributed by atoms with Gasteiger partial charge in [-0.1, -0.05) is 32.9 Å². The highest BCUT2D eigenvalue weighted by molar-refractivity contribution is 6.09. The van der Waals surface area contributed by atoms with Crippen molar-refractivity contribution in [3.05, 3.63) is 41.2 Å². The number of hydrogen-bond acceptors (Lipinski definition) is 5. The summed E-state index contributed by atoms with van der Waals surface area (Å²) in [6, 6.07) is 6.86. The van der Waals surface area contributed by atoms with Gasteiger partial charge in [-0.15, -0.1) is 0 Å². The highest BCUT2D eigenvalue weighted by Crippen LogP contribution is 2.39. The van der Waals surface area contributed by atoms with E-state index >= 15 is 0 Å². The number of ether oxygens (including phenoxy) is 1. The first-order chi connectivity index (χ1) is 13.3. The molecular formula is C22H32N2O4. The second kappa shape index (κ2) is 9.73. The van der Waals surface area contributed by atoms with E-state index in [1.807, 2.05) is 64.0 Å². The van der Waals surface area contributed by atoms with Crippen molar-refractivity contribution in [1.82, 2.24) is 9.80 Å². The van der Waals surface area contributed by atoms with Gasteiger partial charge in [-0.2, -0.15) is 0 Å². The van der Waals surface area contributed by atoms with Crippen LogP contribution in [0.5, 0.6) is 5.75 Å². The summed E-state index contributed by atoms with van der Waals surface area (Å²) >= 11 is 0. The molecule has 0 saturated carbocycles.